The first kappa shape index (κ1) is 12.3. The first-order chi connectivity index (χ1) is 7.74. The minimum atomic E-state index is 0.462. The molecule has 0 bridgehead atoms. The van der Waals surface area contributed by atoms with Gasteiger partial charge in [-0.15, -0.1) is 0 Å². The molecule has 0 radical (unpaired) electrons. The molecule has 94 valence electrons. The van der Waals surface area contributed by atoms with Crippen molar-refractivity contribution in [2.75, 3.05) is 26.7 Å². The van der Waals surface area contributed by atoms with E-state index in [0.29, 0.717) is 12.1 Å². The van der Waals surface area contributed by atoms with E-state index in [-0.39, 0.29) is 0 Å². The van der Waals surface area contributed by atoms with Crippen molar-refractivity contribution in [3.63, 3.8) is 0 Å². The number of hydrogen-bond donors (Lipinski definition) is 1. The fourth-order valence-corrected chi connectivity index (χ4v) is 3.09. The van der Waals surface area contributed by atoms with Gasteiger partial charge in [0.2, 0.25) is 0 Å². The van der Waals surface area contributed by atoms with Gasteiger partial charge in [0.15, 0.2) is 0 Å². The van der Waals surface area contributed by atoms with Crippen LogP contribution in [0.1, 0.15) is 38.5 Å². The van der Waals surface area contributed by atoms with Crippen molar-refractivity contribution >= 4 is 0 Å². The van der Waals surface area contributed by atoms with Crippen LogP contribution in [0.3, 0.4) is 0 Å². The van der Waals surface area contributed by atoms with Crippen LogP contribution in [0.15, 0.2) is 0 Å². The van der Waals surface area contributed by atoms with Crippen molar-refractivity contribution in [1.82, 2.24) is 4.90 Å². The van der Waals surface area contributed by atoms with E-state index in [0.717, 1.165) is 19.1 Å². The lowest BCUT2D eigenvalue weighted by molar-refractivity contribution is -0.00335. The molecule has 0 aromatic carbocycles. The molecule has 0 aromatic rings. The summed E-state index contributed by atoms with van der Waals surface area (Å²) in [5.74, 6) is 0.823. The lowest BCUT2D eigenvalue weighted by Crippen LogP contribution is -2.35. The van der Waals surface area contributed by atoms with E-state index >= 15 is 0 Å². The zero-order valence-corrected chi connectivity index (χ0v) is 10.5. The second-order valence-electron chi connectivity index (χ2n) is 5.65. The lowest BCUT2D eigenvalue weighted by atomic mass is 10.1. The van der Waals surface area contributed by atoms with Gasteiger partial charge in [-0.1, -0.05) is 0 Å². The Balaban J connectivity index is 1.65. The lowest BCUT2D eigenvalue weighted by Gasteiger charge is -2.28. The summed E-state index contributed by atoms with van der Waals surface area (Å²) in [5, 5.41) is 0. The Hall–Kier alpha value is -0.120. The van der Waals surface area contributed by atoms with Gasteiger partial charge in [-0.3, -0.25) is 0 Å². The van der Waals surface area contributed by atoms with Crippen molar-refractivity contribution < 1.29 is 4.74 Å². The summed E-state index contributed by atoms with van der Waals surface area (Å²) < 4.78 is 5.77. The first-order valence-corrected chi connectivity index (χ1v) is 6.80. The first-order valence-electron chi connectivity index (χ1n) is 6.80. The molecule has 1 saturated carbocycles. The summed E-state index contributed by atoms with van der Waals surface area (Å²) in [5.41, 5.74) is 5.94. The van der Waals surface area contributed by atoms with Crippen LogP contribution in [0.4, 0.5) is 0 Å². The van der Waals surface area contributed by atoms with Gasteiger partial charge in [-0.2, -0.15) is 0 Å². The monoisotopic (exact) mass is 226 g/mol. The summed E-state index contributed by atoms with van der Waals surface area (Å²) in [6, 6.07) is 0.462. The third-order valence-corrected chi connectivity index (χ3v) is 3.94. The van der Waals surface area contributed by atoms with Gasteiger partial charge < -0.3 is 15.4 Å². The molecule has 3 unspecified atom stereocenters. The highest BCUT2D eigenvalue weighted by molar-refractivity contribution is 4.80. The van der Waals surface area contributed by atoms with Crippen molar-refractivity contribution in [3.8, 4) is 0 Å². The molecule has 1 heterocycles. The van der Waals surface area contributed by atoms with E-state index in [1.807, 2.05) is 0 Å². The number of nitrogens with two attached hydrogens (primary N) is 1. The Morgan fingerprint density at radius 2 is 2.06 bits per heavy atom. The molecule has 16 heavy (non-hydrogen) atoms. The van der Waals surface area contributed by atoms with Crippen LogP contribution < -0.4 is 5.73 Å². The van der Waals surface area contributed by atoms with Gasteiger partial charge in [0.05, 0.1) is 6.10 Å². The largest absolute Gasteiger partial charge is 0.377 e. The Bertz CT molecular complexity index is 197. The minimum absolute atomic E-state index is 0.462. The van der Waals surface area contributed by atoms with Crippen molar-refractivity contribution in [1.29, 1.82) is 0 Å². The van der Waals surface area contributed by atoms with Crippen LogP contribution in [-0.2, 0) is 4.74 Å². The van der Waals surface area contributed by atoms with Crippen molar-refractivity contribution in [3.05, 3.63) is 0 Å². The maximum absolute atomic E-state index is 5.94. The van der Waals surface area contributed by atoms with E-state index in [4.69, 9.17) is 10.5 Å². The van der Waals surface area contributed by atoms with Gasteiger partial charge in [0, 0.05) is 25.7 Å². The van der Waals surface area contributed by atoms with Crippen molar-refractivity contribution in [2.24, 2.45) is 11.7 Å². The molecule has 2 aliphatic rings. The SMILES string of the molecule is CN(CC1CCC(N)C1)CC1CCCCO1. The number of likely N-dealkylation sites (N-methyl/N-ethyl adjacent to an activating group) is 1. The zero-order chi connectivity index (χ0) is 11.4. The van der Waals surface area contributed by atoms with Crippen LogP contribution in [0, 0.1) is 5.92 Å². The average molecular weight is 226 g/mol. The molecule has 0 amide bonds. The molecule has 3 heteroatoms. The Kier molecular flexibility index (Phi) is 4.62. The molecule has 1 aliphatic carbocycles. The number of hydrogen-bond acceptors (Lipinski definition) is 3. The molecule has 3 nitrogen and oxygen atoms in total. The molecule has 3 atom stereocenters. The zero-order valence-electron chi connectivity index (χ0n) is 10.5. The molecule has 1 aliphatic heterocycles. The topological polar surface area (TPSA) is 38.5 Å². The third-order valence-electron chi connectivity index (χ3n) is 3.94. The highest BCUT2D eigenvalue weighted by Gasteiger charge is 2.24. The fourth-order valence-electron chi connectivity index (χ4n) is 3.09. The highest BCUT2D eigenvalue weighted by atomic mass is 16.5. The normalized spacial score (nSPS) is 35.8. The molecule has 1 saturated heterocycles. The van der Waals surface area contributed by atoms with E-state index in [2.05, 4.69) is 11.9 Å². The van der Waals surface area contributed by atoms with Crippen LogP contribution in [0.2, 0.25) is 0 Å². The predicted molar refractivity (Wildman–Crippen MR) is 66.4 cm³/mol. The maximum Gasteiger partial charge on any atom is 0.0701 e. The summed E-state index contributed by atoms with van der Waals surface area (Å²) in [6.07, 6.45) is 8.07. The van der Waals surface area contributed by atoms with Gasteiger partial charge in [-0.25, -0.2) is 0 Å². The van der Waals surface area contributed by atoms with Crippen LogP contribution in [0.25, 0.3) is 0 Å². The van der Waals surface area contributed by atoms with E-state index in [9.17, 15) is 0 Å². The van der Waals surface area contributed by atoms with Gasteiger partial charge >= 0.3 is 0 Å². The number of rotatable bonds is 4. The minimum Gasteiger partial charge on any atom is -0.377 e. The van der Waals surface area contributed by atoms with E-state index < -0.39 is 0 Å². The molecular formula is C13H26N2O. The van der Waals surface area contributed by atoms with E-state index in [1.165, 1.54) is 45.1 Å². The summed E-state index contributed by atoms with van der Waals surface area (Å²) in [7, 11) is 2.22. The summed E-state index contributed by atoms with van der Waals surface area (Å²) >= 11 is 0. The average Bonchev–Trinajstić information content (AvgIpc) is 2.65. The fraction of sp³-hybridized carbons (Fsp3) is 1.00. The van der Waals surface area contributed by atoms with Crippen LogP contribution in [-0.4, -0.2) is 43.8 Å². The summed E-state index contributed by atoms with van der Waals surface area (Å²) in [4.78, 5) is 2.44. The third kappa shape index (κ3) is 3.72. The number of ether oxygens (including phenoxy) is 1. The smallest absolute Gasteiger partial charge is 0.0701 e. The van der Waals surface area contributed by atoms with Gasteiger partial charge in [0.25, 0.3) is 0 Å². The second kappa shape index (κ2) is 5.99. The highest BCUT2D eigenvalue weighted by Crippen LogP contribution is 2.25. The quantitative estimate of drug-likeness (QED) is 0.791. The molecular weight excluding hydrogens is 200 g/mol. The Morgan fingerprint density at radius 3 is 2.69 bits per heavy atom. The van der Waals surface area contributed by atoms with Crippen LogP contribution in [0.5, 0.6) is 0 Å². The standard InChI is InChI=1S/C13H26N2O/c1-15(9-11-5-6-12(14)8-11)10-13-4-2-3-7-16-13/h11-13H,2-10,14H2,1H3. The van der Waals surface area contributed by atoms with Crippen LogP contribution >= 0.6 is 0 Å². The molecule has 2 rings (SSSR count). The predicted octanol–water partition coefficient (Wildman–Crippen LogP) is 1.61. The van der Waals surface area contributed by atoms with Gasteiger partial charge in [0.1, 0.15) is 0 Å². The Labute approximate surface area is 99.3 Å². The Morgan fingerprint density at radius 1 is 1.19 bits per heavy atom. The second-order valence-corrected chi connectivity index (χ2v) is 5.65. The molecule has 2 N–H and O–H groups in total. The number of nitrogens with zero attached hydrogens (tertiary/aromatic N) is 1. The summed E-state index contributed by atoms with van der Waals surface area (Å²) in [6.45, 7) is 3.27. The van der Waals surface area contributed by atoms with Gasteiger partial charge in [-0.05, 0) is 51.5 Å². The van der Waals surface area contributed by atoms with E-state index in [1.54, 1.807) is 0 Å². The molecule has 2 fully saturated rings. The molecule has 0 spiro atoms. The molecule has 0 aromatic heterocycles. The maximum atomic E-state index is 5.94. The van der Waals surface area contributed by atoms with Crippen molar-refractivity contribution in [2.45, 2.75) is 50.7 Å².